The number of carbonyl (C=O) groups is 2. The molecule has 140 valence electrons. The number of amides is 1. The number of carbonyl (C=O) groups excluding carboxylic acids is 2. The van der Waals surface area contributed by atoms with Gasteiger partial charge in [0.1, 0.15) is 0 Å². The molecule has 2 aromatic carbocycles. The SMILES string of the molecule is O=C(C[C@@]1(O)C(=O)N(CCc2ccccc2)c2ccccc21)c1cccnc1. The molecule has 1 N–H and O–H groups in total. The van der Waals surface area contributed by atoms with Crippen LogP contribution in [-0.2, 0) is 16.8 Å². The summed E-state index contributed by atoms with van der Waals surface area (Å²) in [4.78, 5) is 31.4. The third-order valence-electron chi connectivity index (χ3n) is 5.11. The predicted octanol–water partition coefficient (Wildman–Crippen LogP) is 3.13. The zero-order valence-corrected chi connectivity index (χ0v) is 15.3. The molecule has 0 bridgehead atoms. The summed E-state index contributed by atoms with van der Waals surface area (Å²) < 4.78 is 0. The fourth-order valence-corrected chi connectivity index (χ4v) is 3.65. The second-order valence-corrected chi connectivity index (χ2v) is 6.91. The van der Waals surface area contributed by atoms with Gasteiger partial charge in [0.15, 0.2) is 11.4 Å². The third kappa shape index (κ3) is 3.21. The Labute approximate surface area is 163 Å². The number of fused-ring (bicyclic) bond motifs is 1. The van der Waals surface area contributed by atoms with Crippen molar-refractivity contribution in [3.63, 3.8) is 0 Å². The van der Waals surface area contributed by atoms with Crippen LogP contribution < -0.4 is 4.90 Å². The average Bonchev–Trinajstić information content (AvgIpc) is 2.95. The minimum absolute atomic E-state index is 0.309. The van der Waals surface area contributed by atoms with Gasteiger partial charge in [0.05, 0.1) is 12.1 Å². The van der Waals surface area contributed by atoms with Crippen molar-refractivity contribution in [3.8, 4) is 0 Å². The number of hydrogen-bond acceptors (Lipinski definition) is 4. The summed E-state index contributed by atoms with van der Waals surface area (Å²) in [5, 5.41) is 11.3. The molecule has 2 heterocycles. The molecule has 1 aliphatic heterocycles. The third-order valence-corrected chi connectivity index (χ3v) is 5.11. The lowest BCUT2D eigenvalue weighted by Gasteiger charge is -2.22. The highest BCUT2D eigenvalue weighted by atomic mass is 16.3. The zero-order valence-electron chi connectivity index (χ0n) is 15.3. The number of para-hydroxylation sites is 1. The van der Waals surface area contributed by atoms with E-state index in [1.54, 1.807) is 35.4 Å². The lowest BCUT2D eigenvalue weighted by molar-refractivity contribution is -0.135. The fraction of sp³-hybridized carbons (Fsp3) is 0.174. The van der Waals surface area contributed by atoms with Gasteiger partial charge in [0, 0.05) is 30.1 Å². The molecule has 3 aromatic rings. The van der Waals surface area contributed by atoms with Crippen LogP contribution >= 0.6 is 0 Å². The molecule has 0 unspecified atom stereocenters. The highest BCUT2D eigenvalue weighted by Crippen LogP contribution is 2.42. The normalized spacial score (nSPS) is 18.2. The minimum atomic E-state index is -1.86. The Bertz CT molecular complexity index is 1000. The second kappa shape index (κ2) is 7.37. The van der Waals surface area contributed by atoms with E-state index in [0.29, 0.717) is 29.8 Å². The summed E-state index contributed by atoms with van der Waals surface area (Å²) in [7, 11) is 0. The first-order chi connectivity index (χ1) is 13.6. The van der Waals surface area contributed by atoms with Crippen molar-refractivity contribution < 1.29 is 14.7 Å². The molecule has 1 amide bonds. The van der Waals surface area contributed by atoms with Gasteiger partial charge in [0.25, 0.3) is 5.91 Å². The maximum atomic E-state index is 13.2. The molecule has 5 nitrogen and oxygen atoms in total. The highest BCUT2D eigenvalue weighted by molar-refractivity contribution is 6.10. The Morgan fingerprint density at radius 3 is 2.50 bits per heavy atom. The Balaban J connectivity index is 1.61. The van der Waals surface area contributed by atoms with E-state index in [1.807, 2.05) is 42.5 Å². The number of ketones is 1. The number of pyridine rings is 1. The number of aromatic nitrogens is 1. The molecular formula is C23H20N2O3. The molecule has 0 fully saturated rings. The number of hydrogen-bond donors (Lipinski definition) is 1. The molecule has 0 saturated carbocycles. The molecular weight excluding hydrogens is 352 g/mol. The number of anilines is 1. The maximum Gasteiger partial charge on any atom is 0.264 e. The fourth-order valence-electron chi connectivity index (χ4n) is 3.65. The Morgan fingerprint density at radius 2 is 1.75 bits per heavy atom. The van der Waals surface area contributed by atoms with Crippen molar-refractivity contribution in [3.05, 3.63) is 95.8 Å². The lowest BCUT2D eigenvalue weighted by atomic mass is 9.88. The first-order valence-electron chi connectivity index (χ1n) is 9.20. The number of aliphatic hydroxyl groups is 1. The first-order valence-corrected chi connectivity index (χ1v) is 9.20. The lowest BCUT2D eigenvalue weighted by Crippen LogP contribution is -2.42. The zero-order chi connectivity index (χ0) is 19.6. The molecule has 1 atom stereocenters. The molecule has 5 heteroatoms. The number of benzene rings is 2. The van der Waals surface area contributed by atoms with Crippen molar-refractivity contribution in [1.29, 1.82) is 0 Å². The Hall–Kier alpha value is -3.31. The van der Waals surface area contributed by atoms with Crippen LogP contribution in [0.4, 0.5) is 5.69 Å². The molecule has 0 saturated heterocycles. The van der Waals surface area contributed by atoms with Gasteiger partial charge in [0.2, 0.25) is 0 Å². The monoisotopic (exact) mass is 372 g/mol. The number of nitrogens with zero attached hydrogens (tertiary/aromatic N) is 2. The number of rotatable bonds is 6. The Morgan fingerprint density at radius 1 is 1.00 bits per heavy atom. The van der Waals surface area contributed by atoms with Gasteiger partial charge in [-0.1, -0.05) is 48.5 Å². The van der Waals surface area contributed by atoms with Gasteiger partial charge >= 0.3 is 0 Å². The van der Waals surface area contributed by atoms with E-state index in [4.69, 9.17) is 0 Å². The van der Waals surface area contributed by atoms with Crippen LogP contribution in [0.5, 0.6) is 0 Å². The van der Waals surface area contributed by atoms with Crippen molar-refractivity contribution in [2.24, 2.45) is 0 Å². The van der Waals surface area contributed by atoms with Crippen LogP contribution in [0.3, 0.4) is 0 Å². The largest absolute Gasteiger partial charge is 0.375 e. The quantitative estimate of drug-likeness (QED) is 0.675. The van der Waals surface area contributed by atoms with Crippen LogP contribution in [-0.4, -0.2) is 28.3 Å². The van der Waals surface area contributed by atoms with Crippen LogP contribution in [0.1, 0.15) is 27.9 Å². The van der Waals surface area contributed by atoms with Gasteiger partial charge in [-0.2, -0.15) is 0 Å². The summed E-state index contributed by atoms with van der Waals surface area (Å²) in [6.45, 7) is 0.434. The smallest absolute Gasteiger partial charge is 0.264 e. The highest BCUT2D eigenvalue weighted by Gasteiger charge is 2.50. The van der Waals surface area contributed by atoms with E-state index in [0.717, 1.165) is 5.56 Å². The molecule has 1 aliphatic rings. The Kier molecular flexibility index (Phi) is 4.75. The second-order valence-electron chi connectivity index (χ2n) is 6.91. The van der Waals surface area contributed by atoms with E-state index in [2.05, 4.69) is 4.98 Å². The van der Waals surface area contributed by atoms with Crippen LogP contribution in [0.2, 0.25) is 0 Å². The van der Waals surface area contributed by atoms with Gasteiger partial charge < -0.3 is 10.0 Å². The first kappa shape index (κ1) is 18.1. The van der Waals surface area contributed by atoms with Gasteiger partial charge in [-0.3, -0.25) is 14.6 Å². The van der Waals surface area contributed by atoms with Crippen LogP contribution in [0.25, 0.3) is 0 Å². The summed E-state index contributed by atoms with van der Waals surface area (Å²) in [5.74, 6) is -0.773. The van der Waals surface area contributed by atoms with Crippen LogP contribution in [0.15, 0.2) is 79.1 Å². The van der Waals surface area contributed by atoms with E-state index in [-0.39, 0.29) is 12.2 Å². The van der Waals surface area contributed by atoms with Gasteiger partial charge in [-0.05, 0) is 30.2 Å². The molecule has 0 aliphatic carbocycles. The van der Waals surface area contributed by atoms with Crippen molar-refractivity contribution in [2.75, 3.05) is 11.4 Å². The summed E-state index contributed by atoms with van der Waals surface area (Å²) in [6.07, 6.45) is 3.38. The van der Waals surface area contributed by atoms with Gasteiger partial charge in [-0.15, -0.1) is 0 Å². The van der Waals surface area contributed by atoms with Crippen molar-refractivity contribution >= 4 is 17.4 Å². The average molecular weight is 372 g/mol. The van der Waals surface area contributed by atoms with Crippen molar-refractivity contribution in [2.45, 2.75) is 18.4 Å². The minimum Gasteiger partial charge on any atom is -0.375 e. The number of Topliss-reactive ketones (excluding diaryl/α,β-unsaturated/α-hetero) is 1. The predicted molar refractivity (Wildman–Crippen MR) is 106 cm³/mol. The van der Waals surface area contributed by atoms with E-state index >= 15 is 0 Å². The molecule has 1 aromatic heterocycles. The molecule has 0 spiro atoms. The molecule has 28 heavy (non-hydrogen) atoms. The van der Waals surface area contributed by atoms with Gasteiger partial charge in [-0.25, -0.2) is 0 Å². The van der Waals surface area contributed by atoms with Crippen LogP contribution in [0, 0.1) is 0 Å². The van der Waals surface area contributed by atoms with E-state index in [1.165, 1.54) is 6.20 Å². The standard InChI is InChI=1S/C23H20N2O3/c26-21(18-9-6-13-24-16-18)15-23(28)19-10-4-5-11-20(19)25(22(23)27)14-12-17-7-2-1-3-8-17/h1-11,13,16,28H,12,14-15H2/t23-/m0/s1. The molecule has 4 rings (SSSR count). The summed E-state index contributed by atoms with van der Waals surface area (Å²) in [5.41, 5.74) is 0.758. The topological polar surface area (TPSA) is 70.5 Å². The van der Waals surface area contributed by atoms with E-state index in [9.17, 15) is 14.7 Å². The van der Waals surface area contributed by atoms with E-state index < -0.39 is 11.5 Å². The summed E-state index contributed by atoms with van der Waals surface area (Å²) in [6, 6.07) is 20.3. The maximum absolute atomic E-state index is 13.2. The molecule has 0 radical (unpaired) electrons. The summed E-state index contributed by atoms with van der Waals surface area (Å²) >= 11 is 0. The van der Waals surface area contributed by atoms with Crippen molar-refractivity contribution in [1.82, 2.24) is 4.98 Å².